The lowest BCUT2D eigenvalue weighted by Crippen LogP contribution is -2.31. The molecule has 0 amide bonds. The SMILES string of the molecule is O=S(=O)(NCc1nccc(N2CCCCC2)n1)c1ccccc1. The Bertz CT molecular complexity index is 744. The highest BCUT2D eigenvalue weighted by molar-refractivity contribution is 7.89. The molecule has 2 heterocycles. The molecule has 0 radical (unpaired) electrons. The molecule has 1 aliphatic rings. The summed E-state index contributed by atoms with van der Waals surface area (Å²) < 4.78 is 27.0. The third-order valence-corrected chi connectivity index (χ3v) is 5.26. The van der Waals surface area contributed by atoms with Crippen molar-refractivity contribution in [2.75, 3.05) is 18.0 Å². The molecule has 0 unspecified atom stereocenters. The Kier molecular flexibility index (Phi) is 4.88. The van der Waals surface area contributed by atoms with Crippen LogP contribution in [0.4, 0.5) is 5.82 Å². The van der Waals surface area contributed by atoms with Gasteiger partial charge in [0, 0.05) is 19.3 Å². The summed E-state index contributed by atoms with van der Waals surface area (Å²) in [5.41, 5.74) is 0. The quantitative estimate of drug-likeness (QED) is 0.906. The van der Waals surface area contributed by atoms with Crippen molar-refractivity contribution in [2.45, 2.75) is 30.7 Å². The molecule has 7 heteroatoms. The number of hydrogen-bond acceptors (Lipinski definition) is 5. The highest BCUT2D eigenvalue weighted by Gasteiger charge is 2.15. The summed E-state index contributed by atoms with van der Waals surface area (Å²) in [6.45, 7) is 2.07. The molecule has 0 aliphatic carbocycles. The molecule has 0 spiro atoms. The first-order chi connectivity index (χ1) is 11.1. The molecule has 0 atom stereocenters. The fourth-order valence-electron chi connectivity index (χ4n) is 2.62. The van der Waals surface area contributed by atoms with Gasteiger partial charge in [-0.15, -0.1) is 0 Å². The second-order valence-corrected chi connectivity index (χ2v) is 7.28. The van der Waals surface area contributed by atoms with Crippen LogP contribution in [0.2, 0.25) is 0 Å². The first-order valence-corrected chi connectivity index (χ1v) is 9.25. The highest BCUT2D eigenvalue weighted by Crippen LogP contribution is 2.17. The Morgan fingerprint density at radius 1 is 1.04 bits per heavy atom. The van der Waals surface area contributed by atoms with Crippen molar-refractivity contribution in [3.8, 4) is 0 Å². The monoisotopic (exact) mass is 332 g/mol. The molecule has 0 bridgehead atoms. The van der Waals surface area contributed by atoms with E-state index < -0.39 is 10.0 Å². The number of benzene rings is 1. The Hall–Kier alpha value is -1.99. The van der Waals surface area contributed by atoms with Crippen LogP contribution in [-0.2, 0) is 16.6 Å². The lowest BCUT2D eigenvalue weighted by molar-refractivity contribution is 0.569. The molecule has 1 aromatic heterocycles. The molecule has 1 aromatic carbocycles. The lowest BCUT2D eigenvalue weighted by Gasteiger charge is -2.27. The number of rotatable bonds is 5. The molecule has 1 N–H and O–H groups in total. The molecular formula is C16H20N4O2S. The smallest absolute Gasteiger partial charge is 0.240 e. The van der Waals surface area contributed by atoms with E-state index in [1.165, 1.54) is 19.3 Å². The van der Waals surface area contributed by atoms with Gasteiger partial charge in [0.05, 0.1) is 11.4 Å². The van der Waals surface area contributed by atoms with E-state index >= 15 is 0 Å². The Morgan fingerprint density at radius 3 is 2.52 bits per heavy atom. The highest BCUT2D eigenvalue weighted by atomic mass is 32.2. The minimum atomic E-state index is -3.54. The van der Waals surface area contributed by atoms with E-state index in [4.69, 9.17) is 0 Å². The Morgan fingerprint density at radius 2 is 1.78 bits per heavy atom. The summed E-state index contributed by atoms with van der Waals surface area (Å²) in [5, 5.41) is 0. The zero-order valence-electron chi connectivity index (χ0n) is 12.9. The van der Waals surface area contributed by atoms with Gasteiger partial charge in [-0.3, -0.25) is 0 Å². The molecule has 0 saturated carbocycles. The topological polar surface area (TPSA) is 75.2 Å². The van der Waals surface area contributed by atoms with Crippen LogP contribution in [-0.4, -0.2) is 31.5 Å². The predicted molar refractivity (Wildman–Crippen MR) is 88.6 cm³/mol. The van der Waals surface area contributed by atoms with Crippen molar-refractivity contribution in [1.29, 1.82) is 0 Å². The first-order valence-electron chi connectivity index (χ1n) is 7.77. The molecule has 23 heavy (non-hydrogen) atoms. The van der Waals surface area contributed by atoms with E-state index in [0.29, 0.717) is 5.82 Å². The van der Waals surface area contributed by atoms with Gasteiger partial charge < -0.3 is 4.90 Å². The number of aromatic nitrogens is 2. The van der Waals surface area contributed by atoms with Crippen LogP contribution in [0, 0.1) is 0 Å². The summed E-state index contributed by atoms with van der Waals surface area (Å²) >= 11 is 0. The molecule has 6 nitrogen and oxygen atoms in total. The van der Waals surface area contributed by atoms with Crippen LogP contribution in [0.3, 0.4) is 0 Å². The molecular weight excluding hydrogens is 312 g/mol. The van der Waals surface area contributed by atoms with Gasteiger partial charge in [0.15, 0.2) is 0 Å². The largest absolute Gasteiger partial charge is 0.357 e. The van der Waals surface area contributed by atoms with Crippen LogP contribution >= 0.6 is 0 Å². The summed E-state index contributed by atoms with van der Waals surface area (Å²) in [4.78, 5) is 11.1. The molecule has 3 rings (SSSR count). The number of sulfonamides is 1. The van der Waals surface area contributed by atoms with Crippen molar-refractivity contribution >= 4 is 15.8 Å². The Labute approximate surface area is 136 Å². The minimum absolute atomic E-state index is 0.0822. The van der Waals surface area contributed by atoms with Gasteiger partial charge in [0.25, 0.3) is 0 Å². The van der Waals surface area contributed by atoms with Crippen molar-refractivity contribution in [1.82, 2.24) is 14.7 Å². The van der Waals surface area contributed by atoms with Crippen LogP contribution in [0.1, 0.15) is 25.1 Å². The lowest BCUT2D eigenvalue weighted by atomic mass is 10.1. The zero-order chi connectivity index (χ0) is 16.1. The van der Waals surface area contributed by atoms with Gasteiger partial charge >= 0.3 is 0 Å². The summed E-state index contributed by atoms with van der Waals surface area (Å²) in [5.74, 6) is 1.35. The summed E-state index contributed by atoms with van der Waals surface area (Å²) in [6, 6.07) is 10.2. The average Bonchev–Trinajstić information content (AvgIpc) is 2.62. The van der Waals surface area contributed by atoms with Crippen molar-refractivity contribution in [3.63, 3.8) is 0 Å². The average molecular weight is 332 g/mol. The summed E-state index contributed by atoms with van der Waals surface area (Å²) in [7, 11) is -3.54. The molecule has 122 valence electrons. The second-order valence-electron chi connectivity index (χ2n) is 5.52. The number of nitrogens with one attached hydrogen (secondary N) is 1. The third kappa shape index (κ3) is 4.05. The Balaban J connectivity index is 1.69. The second kappa shape index (κ2) is 7.06. The predicted octanol–water partition coefficient (Wildman–Crippen LogP) is 1.95. The number of hydrogen-bond donors (Lipinski definition) is 1. The molecule has 1 aliphatic heterocycles. The first kappa shape index (κ1) is 15.9. The van der Waals surface area contributed by atoms with E-state index in [9.17, 15) is 8.42 Å². The minimum Gasteiger partial charge on any atom is -0.357 e. The van der Waals surface area contributed by atoms with Crippen molar-refractivity contribution in [2.24, 2.45) is 0 Å². The fraction of sp³-hybridized carbons (Fsp3) is 0.375. The maximum absolute atomic E-state index is 12.2. The number of nitrogens with zero attached hydrogens (tertiary/aromatic N) is 3. The van der Waals surface area contributed by atoms with Crippen LogP contribution < -0.4 is 9.62 Å². The van der Waals surface area contributed by atoms with Gasteiger partial charge in [-0.25, -0.2) is 23.1 Å². The standard InChI is InChI=1S/C16H20N4O2S/c21-23(22,14-7-3-1-4-8-14)18-13-15-17-10-9-16(19-15)20-11-5-2-6-12-20/h1,3-4,7-10,18H,2,5-6,11-13H2. The van der Waals surface area contributed by atoms with Gasteiger partial charge in [0.1, 0.15) is 11.6 Å². The zero-order valence-corrected chi connectivity index (χ0v) is 13.7. The van der Waals surface area contributed by atoms with Crippen molar-refractivity contribution < 1.29 is 8.42 Å². The maximum Gasteiger partial charge on any atom is 0.240 e. The fourth-order valence-corrected chi connectivity index (χ4v) is 3.62. The van der Waals surface area contributed by atoms with Gasteiger partial charge in [0.2, 0.25) is 10.0 Å². The summed E-state index contributed by atoms with van der Waals surface area (Å²) in [6.07, 6.45) is 5.27. The van der Waals surface area contributed by atoms with E-state index in [0.717, 1.165) is 18.9 Å². The van der Waals surface area contributed by atoms with Gasteiger partial charge in [-0.1, -0.05) is 18.2 Å². The van der Waals surface area contributed by atoms with Gasteiger partial charge in [-0.2, -0.15) is 0 Å². The van der Waals surface area contributed by atoms with Crippen LogP contribution in [0.15, 0.2) is 47.5 Å². The van der Waals surface area contributed by atoms with Gasteiger partial charge in [-0.05, 0) is 37.5 Å². The van der Waals surface area contributed by atoms with Crippen molar-refractivity contribution in [3.05, 3.63) is 48.4 Å². The van der Waals surface area contributed by atoms with E-state index in [2.05, 4.69) is 19.6 Å². The van der Waals surface area contributed by atoms with Crippen LogP contribution in [0.25, 0.3) is 0 Å². The van der Waals surface area contributed by atoms with E-state index in [1.54, 1.807) is 36.5 Å². The van der Waals surface area contributed by atoms with E-state index in [-0.39, 0.29) is 11.4 Å². The third-order valence-electron chi connectivity index (χ3n) is 3.84. The molecule has 1 fully saturated rings. The normalized spacial score (nSPS) is 15.6. The molecule has 2 aromatic rings. The number of piperidine rings is 1. The molecule has 1 saturated heterocycles. The van der Waals surface area contributed by atoms with E-state index in [1.807, 2.05) is 6.07 Å². The maximum atomic E-state index is 12.2. The van der Waals surface area contributed by atoms with Crippen LogP contribution in [0.5, 0.6) is 0 Å². The number of anilines is 1.